The van der Waals surface area contributed by atoms with Crippen LogP contribution in [0.2, 0.25) is 0 Å². The minimum atomic E-state index is -3.40. The van der Waals surface area contributed by atoms with E-state index in [1.807, 2.05) is 32.8 Å². The average Bonchev–Trinajstić information content (AvgIpc) is 2.13. The van der Waals surface area contributed by atoms with E-state index in [1.165, 1.54) is 6.92 Å². The van der Waals surface area contributed by atoms with Gasteiger partial charge >= 0.3 is 0 Å². The van der Waals surface area contributed by atoms with Crippen LogP contribution in [-0.2, 0) is 10.0 Å². The lowest BCUT2D eigenvalue weighted by molar-refractivity contribution is 0.198. The molecule has 0 aliphatic rings. The minimum Gasteiger partial charge on any atom is -0.395 e. The number of nitrogens with zero attached hydrogens (tertiary/aromatic N) is 1. The van der Waals surface area contributed by atoms with E-state index in [0.29, 0.717) is 6.54 Å². The zero-order valence-electron chi connectivity index (χ0n) is 10.1. The fraction of sp³-hybridized carbons (Fsp3) is 1.00. The molecule has 0 bridgehead atoms. The van der Waals surface area contributed by atoms with Crippen molar-refractivity contribution in [3.05, 3.63) is 0 Å². The lowest BCUT2D eigenvalue weighted by Crippen LogP contribution is -2.49. The first-order chi connectivity index (χ1) is 6.63. The molecule has 0 aromatic carbocycles. The highest BCUT2D eigenvalue weighted by Crippen LogP contribution is 2.09. The van der Waals surface area contributed by atoms with Gasteiger partial charge in [0, 0.05) is 12.1 Å². The molecule has 1 atom stereocenters. The molecular formula is C9H22N2O3S. The summed E-state index contributed by atoms with van der Waals surface area (Å²) >= 11 is 0. The van der Waals surface area contributed by atoms with Crippen molar-refractivity contribution in [1.82, 2.24) is 9.62 Å². The molecule has 0 saturated heterocycles. The first-order valence-corrected chi connectivity index (χ1v) is 6.45. The second-order valence-corrected chi connectivity index (χ2v) is 6.75. The quantitative estimate of drug-likeness (QED) is 0.662. The SMILES string of the molecule is CC(CO)S(=O)(=O)NCC(C)(C)N(C)C. The molecule has 0 aromatic rings. The number of hydrogen-bond donors (Lipinski definition) is 2. The van der Waals surface area contributed by atoms with E-state index in [4.69, 9.17) is 5.11 Å². The summed E-state index contributed by atoms with van der Waals surface area (Å²) in [5, 5.41) is 8.01. The third-order valence-electron chi connectivity index (χ3n) is 2.70. The monoisotopic (exact) mass is 238 g/mol. The lowest BCUT2D eigenvalue weighted by atomic mass is 10.1. The van der Waals surface area contributed by atoms with Gasteiger partial charge in [0.15, 0.2) is 0 Å². The fourth-order valence-electron chi connectivity index (χ4n) is 0.676. The van der Waals surface area contributed by atoms with Gasteiger partial charge < -0.3 is 10.0 Å². The van der Waals surface area contributed by atoms with Crippen LogP contribution in [0.5, 0.6) is 0 Å². The largest absolute Gasteiger partial charge is 0.395 e. The number of nitrogens with one attached hydrogen (secondary N) is 1. The van der Waals surface area contributed by atoms with E-state index in [1.54, 1.807) is 0 Å². The molecule has 5 nitrogen and oxygen atoms in total. The Bertz CT molecular complexity index is 286. The molecule has 0 fully saturated rings. The molecule has 0 rings (SSSR count). The molecule has 6 heteroatoms. The van der Waals surface area contributed by atoms with Crippen molar-refractivity contribution < 1.29 is 13.5 Å². The van der Waals surface area contributed by atoms with Gasteiger partial charge in [-0.2, -0.15) is 0 Å². The Labute approximate surface area is 92.5 Å². The van der Waals surface area contributed by atoms with Gasteiger partial charge in [-0.3, -0.25) is 0 Å². The molecule has 0 aliphatic carbocycles. The van der Waals surface area contributed by atoms with Crippen molar-refractivity contribution in [1.29, 1.82) is 0 Å². The first kappa shape index (κ1) is 14.8. The molecule has 0 saturated carbocycles. The molecular weight excluding hydrogens is 216 g/mol. The van der Waals surface area contributed by atoms with Crippen molar-refractivity contribution >= 4 is 10.0 Å². The maximum absolute atomic E-state index is 11.5. The summed E-state index contributed by atoms with van der Waals surface area (Å²) in [6.45, 7) is 5.33. The molecule has 0 heterocycles. The Balaban J connectivity index is 4.40. The Hall–Kier alpha value is -0.170. The summed E-state index contributed by atoms with van der Waals surface area (Å²) in [5.41, 5.74) is -0.248. The summed E-state index contributed by atoms with van der Waals surface area (Å²) in [5.74, 6) is 0. The average molecular weight is 238 g/mol. The third-order valence-corrected chi connectivity index (χ3v) is 4.46. The maximum Gasteiger partial charge on any atom is 0.216 e. The van der Waals surface area contributed by atoms with Gasteiger partial charge in [-0.15, -0.1) is 0 Å². The van der Waals surface area contributed by atoms with Crippen molar-refractivity contribution in [2.75, 3.05) is 27.2 Å². The number of rotatable bonds is 6. The van der Waals surface area contributed by atoms with Crippen LogP contribution in [0, 0.1) is 0 Å². The lowest BCUT2D eigenvalue weighted by Gasteiger charge is -2.32. The van der Waals surface area contributed by atoms with Crippen LogP contribution in [0.4, 0.5) is 0 Å². The molecule has 1 unspecified atom stereocenters. The number of aliphatic hydroxyl groups is 1. The van der Waals surface area contributed by atoms with Gasteiger partial charge in [0.05, 0.1) is 11.9 Å². The minimum absolute atomic E-state index is 0.248. The Morgan fingerprint density at radius 2 is 1.87 bits per heavy atom. The normalized spacial score (nSPS) is 15.7. The fourth-order valence-corrected chi connectivity index (χ4v) is 1.71. The second kappa shape index (κ2) is 5.25. The topological polar surface area (TPSA) is 69.6 Å². The van der Waals surface area contributed by atoms with Crippen LogP contribution in [-0.4, -0.2) is 56.5 Å². The number of sulfonamides is 1. The van der Waals surface area contributed by atoms with Crippen LogP contribution in [0.15, 0.2) is 0 Å². The predicted octanol–water partition coefficient (Wildman–Crippen LogP) is -0.373. The highest BCUT2D eigenvalue weighted by molar-refractivity contribution is 7.90. The second-order valence-electron chi connectivity index (χ2n) is 4.57. The predicted molar refractivity (Wildman–Crippen MR) is 61.2 cm³/mol. The van der Waals surface area contributed by atoms with Gasteiger partial charge in [-0.1, -0.05) is 0 Å². The summed E-state index contributed by atoms with van der Waals surface area (Å²) in [4.78, 5) is 1.94. The molecule has 0 amide bonds. The number of hydrogen-bond acceptors (Lipinski definition) is 4. The van der Waals surface area contributed by atoms with Gasteiger partial charge in [-0.05, 0) is 34.9 Å². The summed E-state index contributed by atoms with van der Waals surface area (Å²) in [6, 6.07) is 0. The van der Waals surface area contributed by atoms with E-state index >= 15 is 0 Å². The Morgan fingerprint density at radius 1 is 1.40 bits per heavy atom. The van der Waals surface area contributed by atoms with Gasteiger partial charge in [0.25, 0.3) is 0 Å². The Kier molecular flexibility index (Phi) is 5.19. The molecule has 2 N–H and O–H groups in total. The zero-order valence-corrected chi connectivity index (χ0v) is 10.9. The molecule has 0 radical (unpaired) electrons. The van der Waals surface area contributed by atoms with E-state index in [0.717, 1.165) is 0 Å². The van der Waals surface area contributed by atoms with Crippen LogP contribution < -0.4 is 4.72 Å². The number of likely N-dealkylation sites (N-methyl/N-ethyl adjacent to an activating group) is 1. The number of aliphatic hydroxyl groups excluding tert-OH is 1. The van der Waals surface area contributed by atoms with Gasteiger partial charge in [0.1, 0.15) is 0 Å². The summed E-state index contributed by atoms with van der Waals surface area (Å²) in [7, 11) is 0.382. The summed E-state index contributed by atoms with van der Waals surface area (Å²) < 4.78 is 25.6. The zero-order chi connectivity index (χ0) is 12.3. The molecule has 0 aromatic heterocycles. The Morgan fingerprint density at radius 3 is 2.20 bits per heavy atom. The molecule has 92 valence electrons. The highest BCUT2D eigenvalue weighted by Gasteiger charge is 2.25. The van der Waals surface area contributed by atoms with Crippen LogP contribution in [0.3, 0.4) is 0 Å². The molecule has 0 spiro atoms. The van der Waals surface area contributed by atoms with Gasteiger partial charge in [0.2, 0.25) is 10.0 Å². The van der Waals surface area contributed by atoms with Crippen molar-refractivity contribution in [2.45, 2.75) is 31.6 Å². The standard InChI is InChI=1S/C9H22N2O3S/c1-8(6-12)15(13,14)10-7-9(2,3)11(4)5/h8,10,12H,6-7H2,1-5H3. The third kappa shape index (κ3) is 4.46. The van der Waals surface area contributed by atoms with Crippen LogP contribution >= 0.6 is 0 Å². The highest BCUT2D eigenvalue weighted by atomic mass is 32.2. The van der Waals surface area contributed by atoms with E-state index in [2.05, 4.69) is 4.72 Å². The van der Waals surface area contributed by atoms with Crippen molar-refractivity contribution in [2.24, 2.45) is 0 Å². The maximum atomic E-state index is 11.5. The van der Waals surface area contributed by atoms with E-state index in [-0.39, 0.29) is 12.1 Å². The van der Waals surface area contributed by atoms with Gasteiger partial charge in [-0.25, -0.2) is 13.1 Å². The first-order valence-electron chi connectivity index (χ1n) is 4.90. The van der Waals surface area contributed by atoms with Crippen molar-refractivity contribution in [3.63, 3.8) is 0 Å². The van der Waals surface area contributed by atoms with Crippen LogP contribution in [0.1, 0.15) is 20.8 Å². The van der Waals surface area contributed by atoms with Crippen molar-refractivity contribution in [3.8, 4) is 0 Å². The van der Waals surface area contributed by atoms with E-state index < -0.39 is 15.3 Å². The molecule has 0 aliphatic heterocycles. The molecule has 15 heavy (non-hydrogen) atoms. The smallest absolute Gasteiger partial charge is 0.216 e. The van der Waals surface area contributed by atoms with E-state index in [9.17, 15) is 8.42 Å². The summed E-state index contributed by atoms with van der Waals surface area (Å²) in [6.07, 6.45) is 0. The van der Waals surface area contributed by atoms with Crippen LogP contribution in [0.25, 0.3) is 0 Å².